The van der Waals surface area contributed by atoms with Crippen LogP contribution in [-0.2, 0) is 16.0 Å². The van der Waals surface area contributed by atoms with Crippen molar-refractivity contribution in [3.05, 3.63) is 48.2 Å². The maximum atomic E-state index is 12.4. The fourth-order valence-corrected chi connectivity index (χ4v) is 2.98. The lowest BCUT2D eigenvalue weighted by molar-refractivity contribution is -0.121. The number of aromatic nitrogens is 4. The lowest BCUT2D eigenvalue weighted by Gasteiger charge is -2.19. The average molecular weight is 341 g/mol. The molecular weight excluding hydrogens is 322 g/mol. The zero-order valence-corrected chi connectivity index (χ0v) is 13.8. The van der Waals surface area contributed by atoms with Crippen LogP contribution in [0.3, 0.4) is 0 Å². The summed E-state index contributed by atoms with van der Waals surface area (Å²) in [4.78, 5) is 16.9. The Labute approximate surface area is 144 Å². The van der Waals surface area contributed by atoms with Gasteiger partial charge in [0.15, 0.2) is 5.75 Å². The van der Waals surface area contributed by atoms with Crippen molar-refractivity contribution in [2.45, 2.75) is 25.5 Å². The van der Waals surface area contributed by atoms with Gasteiger partial charge in [0.05, 0.1) is 43.8 Å². The largest absolute Gasteiger partial charge is 0.482 e. The number of rotatable bonds is 5. The second-order valence-electron chi connectivity index (χ2n) is 6.13. The molecule has 0 radical (unpaired) electrons. The molecule has 25 heavy (non-hydrogen) atoms. The van der Waals surface area contributed by atoms with E-state index in [0.29, 0.717) is 19.0 Å². The molecule has 0 aromatic carbocycles. The molecule has 8 heteroatoms. The third-order valence-electron chi connectivity index (χ3n) is 4.20. The highest BCUT2D eigenvalue weighted by Crippen LogP contribution is 2.16. The smallest absolute Gasteiger partial charge is 0.226 e. The van der Waals surface area contributed by atoms with E-state index in [4.69, 9.17) is 9.47 Å². The number of hydrogen-bond acceptors (Lipinski definition) is 5. The Kier molecular flexibility index (Phi) is 4.10. The molecule has 4 rings (SSSR count). The van der Waals surface area contributed by atoms with Crippen LogP contribution in [0.15, 0.2) is 36.9 Å². The van der Waals surface area contributed by atoms with Crippen LogP contribution >= 0.6 is 0 Å². The van der Waals surface area contributed by atoms with E-state index < -0.39 is 0 Å². The predicted molar refractivity (Wildman–Crippen MR) is 89.4 cm³/mol. The maximum absolute atomic E-state index is 12.4. The van der Waals surface area contributed by atoms with E-state index in [-0.39, 0.29) is 24.5 Å². The molecule has 4 heterocycles. The van der Waals surface area contributed by atoms with Gasteiger partial charge in [-0.05, 0) is 18.6 Å². The van der Waals surface area contributed by atoms with Crippen molar-refractivity contribution in [3.63, 3.8) is 0 Å². The fourth-order valence-electron chi connectivity index (χ4n) is 2.98. The summed E-state index contributed by atoms with van der Waals surface area (Å²) in [5, 5.41) is 9.52. The zero-order valence-electron chi connectivity index (χ0n) is 13.8. The Hall–Kier alpha value is -2.87. The summed E-state index contributed by atoms with van der Waals surface area (Å²) in [5.74, 6) is 0.530. The summed E-state index contributed by atoms with van der Waals surface area (Å²) in [6.07, 6.45) is 7.05. The van der Waals surface area contributed by atoms with Gasteiger partial charge in [-0.3, -0.25) is 9.89 Å². The topological polar surface area (TPSA) is 93.5 Å². The Morgan fingerprint density at radius 2 is 2.44 bits per heavy atom. The molecule has 2 atom stereocenters. The third kappa shape index (κ3) is 3.34. The quantitative estimate of drug-likeness (QED) is 0.718. The highest BCUT2D eigenvalue weighted by atomic mass is 16.5. The number of nitrogens with one attached hydrogen (secondary N) is 2. The average Bonchev–Trinajstić information content (AvgIpc) is 3.30. The summed E-state index contributed by atoms with van der Waals surface area (Å²) in [7, 11) is 0. The Morgan fingerprint density at radius 1 is 1.52 bits per heavy atom. The number of pyridine rings is 1. The Morgan fingerprint density at radius 3 is 3.24 bits per heavy atom. The van der Waals surface area contributed by atoms with Gasteiger partial charge in [-0.25, -0.2) is 4.98 Å². The number of hydrogen-bond donors (Lipinski definition) is 2. The van der Waals surface area contributed by atoms with Gasteiger partial charge in [0.1, 0.15) is 11.8 Å². The minimum absolute atomic E-state index is 0.0997. The van der Waals surface area contributed by atoms with Crippen molar-refractivity contribution in [3.8, 4) is 5.75 Å². The summed E-state index contributed by atoms with van der Waals surface area (Å²) >= 11 is 0. The molecule has 0 saturated carbocycles. The maximum Gasteiger partial charge on any atom is 0.226 e. The Balaban J connectivity index is 1.39. The van der Waals surface area contributed by atoms with Crippen molar-refractivity contribution in [2.75, 3.05) is 13.2 Å². The molecule has 0 aliphatic carbocycles. The number of H-pyrrole nitrogens is 1. The van der Waals surface area contributed by atoms with Gasteiger partial charge < -0.3 is 19.2 Å². The number of fused-ring (bicyclic) bond motifs is 1. The molecule has 1 fully saturated rings. The van der Waals surface area contributed by atoms with E-state index in [1.165, 1.54) is 0 Å². The first-order valence-corrected chi connectivity index (χ1v) is 8.15. The number of amides is 1. The zero-order chi connectivity index (χ0) is 17.2. The second kappa shape index (κ2) is 6.56. The summed E-state index contributed by atoms with van der Waals surface area (Å²) in [5.41, 5.74) is 2.68. The normalized spacial score (nSPS) is 20.0. The number of carbonyl (C=O) groups is 1. The molecular formula is C17H19N5O3. The van der Waals surface area contributed by atoms with Gasteiger partial charge >= 0.3 is 0 Å². The van der Waals surface area contributed by atoms with Gasteiger partial charge in [0.25, 0.3) is 0 Å². The van der Waals surface area contributed by atoms with Crippen LogP contribution in [0.2, 0.25) is 0 Å². The van der Waals surface area contributed by atoms with Gasteiger partial charge in [-0.15, -0.1) is 0 Å². The van der Waals surface area contributed by atoms with E-state index in [0.717, 1.165) is 16.9 Å². The van der Waals surface area contributed by atoms with E-state index in [9.17, 15) is 4.79 Å². The number of carbonyl (C=O) groups excluding carboxylic acids is 1. The van der Waals surface area contributed by atoms with Gasteiger partial charge in [0, 0.05) is 12.4 Å². The van der Waals surface area contributed by atoms with Crippen LogP contribution in [-0.4, -0.2) is 50.8 Å². The van der Waals surface area contributed by atoms with Gasteiger partial charge in [0.2, 0.25) is 5.91 Å². The first kappa shape index (κ1) is 15.6. The monoisotopic (exact) mass is 341 g/mol. The number of aromatic amines is 1. The van der Waals surface area contributed by atoms with E-state index >= 15 is 0 Å². The molecule has 1 aliphatic rings. The number of aryl methyl sites for hydroxylation is 1. The molecule has 1 aliphatic heterocycles. The molecule has 2 N–H and O–H groups in total. The molecule has 8 nitrogen and oxygen atoms in total. The molecule has 0 bridgehead atoms. The van der Waals surface area contributed by atoms with Crippen molar-refractivity contribution >= 4 is 11.6 Å². The van der Waals surface area contributed by atoms with Crippen LogP contribution in [0.1, 0.15) is 11.3 Å². The highest BCUT2D eigenvalue weighted by molar-refractivity contribution is 5.78. The van der Waals surface area contributed by atoms with Crippen molar-refractivity contribution in [2.24, 2.45) is 0 Å². The lowest BCUT2D eigenvalue weighted by Crippen LogP contribution is -2.45. The molecule has 0 spiro atoms. The molecule has 3 aromatic rings. The Bertz CT molecular complexity index is 874. The standard InChI is InChI=1S/C17H19N5O3/c1-11-3-2-4-22-8-12(20-17(11)22)5-16(23)21-14-9-24-10-15(14)25-13-6-18-19-7-13/h2-4,6-8,14-15H,5,9-10H2,1H3,(H,18,19)(H,21,23)/t14-,15+/m0/s1. The third-order valence-corrected chi connectivity index (χ3v) is 4.20. The van der Waals surface area contributed by atoms with E-state index in [2.05, 4.69) is 20.5 Å². The van der Waals surface area contributed by atoms with Crippen LogP contribution in [0.4, 0.5) is 0 Å². The summed E-state index contributed by atoms with van der Waals surface area (Å²) < 4.78 is 13.2. The van der Waals surface area contributed by atoms with Crippen molar-refractivity contribution in [1.29, 1.82) is 0 Å². The number of imidazole rings is 1. The van der Waals surface area contributed by atoms with Crippen LogP contribution in [0.25, 0.3) is 5.65 Å². The molecule has 130 valence electrons. The van der Waals surface area contributed by atoms with Gasteiger partial charge in [-0.2, -0.15) is 5.10 Å². The first-order valence-electron chi connectivity index (χ1n) is 8.15. The summed E-state index contributed by atoms with van der Waals surface area (Å²) in [6.45, 7) is 2.86. The van der Waals surface area contributed by atoms with Gasteiger partial charge in [-0.1, -0.05) is 6.07 Å². The van der Waals surface area contributed by atoms with Crippen LogP contribution < -0.4 is 10.1 Å². The van der Waals surface area contributed by atoms with Crippen molar-refractivity contribution in [1.82, 2.24) is 24.9 Å². The minimum Gasteiger partial charge on any atom is -0.482 e. The highest BCUT2D eigenvalue weighted by Gasteiger charge is 2.31. The van der Waals surface area contributed by atoms with Crippen LogP contribution in [0, 0.1) is 6.92 Å². The van der Waals surface area contributed by atoms with E-state index in [1.54, 1.807) is 12.4 Å². The number of ether oxygens (including phenoxy) is 2. The molecule has 0 unspecified atom stereocenters. The molecule has 1 amide bonds. The molecule has 3 aromatic heterocycles. The fraction of sp³-hybridized carbons (Fsp3) is 0.353. The van der Waals surface area contributed by atoms with E-state index in [1.807, 2.05) is 35.9 Å². The van der Waals surface area contributed by atoms with Crippen LogP contribution in [0.5, 0.6) is 5.75 Å². The first-order chi connectivity index (χ1) is 12.2. The lowest BCUT2D eigenvalue weighted by atomic mass is 10.2. The number of nitrogens with zero attached hydrogens (tertiary/aromatic N) is 3. The second-order valence-corrected chi connectivity index (χ2v) is 6.13. The van der Waals surface area contributed by atoms with Crippen molar-refractivity contribution < 1.29 is 14.3 Å². The minimum atomic E-state index is -0.232. The SMILES string of the molecule is Cc1cccn2cc(CC(=O)N[C@H]3COC[C@H]3Oc3cn[nH]c3)nc12. The molecule has 1 saturated heterocycles. The summed E-state index contributed by atoms with van der Waals surface area (Å²) in [6, 6.07) is 3.77. The predicted octanol–water partition coefficient (Wildman–Crippen LogP) is 0.871.